The first-order valence-corrected chi connectivity index (χ1v) is 12.5. The monoisotopic (exact) mass is 549 g/mol. The quantitative estimate of drug-likeness (QED) is 0.356. The molecule has 0 radical (unpaired) electrons. The van der Waals surface area contributed by atoms with Crippen LogP contribution >= 0.6 is 0 Å². The van der Waals surface area contributed by atoms with Crippen LogP contribution < -0.4 is 11.1 Å². The van der Waals surface area contributed by atoms with E-state index >= 15 is 0 Å². The maximum atomic E-state index is 13.9. The topological polar surface area (TPSA) is 103 Å². The highest BCUT2D eigenvalue weighted by Gasteiger charge is 2.41. The van der Waals surface area contributed by atoms with Crippen molar-refractivity contribution in [1.82, 2.24) is 14.8 Å². The molecule has 1 aromatic carbocycles. The van der Waals surface area contributed by atoms with Gasteiger partial charge in [0.15, 0.2) is 0 Å². The normalized spacial score (nSPS) is 16.6. The predicted octanol–water partition coefficient (Wildman–Crippen LogP) is 5.94. The van der Waals surface area contributed by atoms with E-state index in [1.165, 1.54) is 41.9 Å². The first kappa shape index (κ1) is 28.2. The average Bonchev–Trinajstić information content (AvgIpc) is 3.29. The number of pyridine rings is 1. The van der Waals surface area contributed by atoms with Crippen molar-refractivity contribution in [2.75, 3.05) is 5.32 Å². The molecule has 3 N–H and O–H groups in total. The van der Waals surface area contributed by atoms with Gasteiger partial charge in [-0.25, -0.2) is 8.78 Å². The second kappa shape index (κ2) is 10.7. The Morgan fingerprint density at radius 2 is 1.79 bits per heavy atom. The van der Waals surface area contributed by atoms with Gasteiger partial charge in [0, 0.05) is 42.5 Å². The van der Waals surface area contributed by atoms with Crippen LogP contribution in [0.15, 0.2) is 42.6 Å². The minimum absolute atomic E-state index is 0.0621. The third-order valence-electron chi connectivity index (χ3n) is 7.07. The summed E-state index contributed by atoms with van der Waals surface area (Å²) in [6, 6.07) is 8.14. The lowest BCUT2D eigenvalue weighted by molar-refractivity contribution is -0.137. The summed E-state index contributed by atoms with van der Waals surface area (Å²) in [5.74, 6) is -5.47. The molecule has 12 heteroatoms. The lowest BCUT2D eigenvalue weighted by Gasteiger charge is -2.32. The molecule has 1 fully saturated rings. The Morgan fingerprint density at radius 1 is 1.15 bits per heavy atom. The fraction of sp³-hybridized carbons (Fsp3) is 0.407. The molecular formula is C27H28F5N5O2. The summed E-state index contributed by atoms with van der Waals surface area (Å²) in [6.07, 6.45) is -4.07. The number of carbonyl (C=O) groups is 2. The molecule has 1 unspecified atom stereocenters. The van der Waals surface area contributed by atoms with Crippen LogP contribution in [0.2, 0.25) is 0 Å². The number of nitrogens with one attached hydrogen (secondary N) is 1. The number of nitrogens with zero attached hydrogens (tertiary/aromatic N) is 3. The van der Waals surface area contributed by atoms with Crippen LogP contribution in [0.5, 0.6) is 0 Å². The van der Waals surface area contributed by atoms with Crippen LogP contribution in [0.3, 0.4) is 0 Å². The van der Waals surface area contributed by atoms with Crippen LogP contribution in [0.25, 0.3) is 11.1 Å². The van der Waals surface area contributed by atoms with Gasteiger partial charge in [0.25, 0.3) is 5.91 Å². The van der Waals surface area contributed by atoms with Crippen LogP contribution in [0.1, 0.15) is 66.0 Å². The van der Waals surface area contributed by atoms with Crippen molar-refractivity contribution in [3.63, 3.8) is 0 Å². The number of alkyl halides is 5. The zero-order chi connectivity index (χ0) is 28.5. The highest BCUT2D eigenvalue weighted by molar-refractivity contribution is 5.97. The molecule has 208 valence electrons. The van der Waals surface area contributed by atoms with Crippen molar-refractivity contribution in [2.45, 2.75) is 64.1 Å². The fourth-order valence-electron chi connectivity index (χ4n) is 5.12. The Hall–Kier alpha value is -3.83. The highest BCUT2D eigenvalue weighted by atomic mass is 19.4. The van der Waals surface area contributed by atoms with Gasteiger partial charge < -0.3 is 11.1 Å². The molecule has 4 rings (SSSR count). The summed E-state index contributed by atoms with van der Waals surface area (Å²) in [6.45, 7) is 3.54. The molecule has 1 aliphatic carbocycles. The highest BCUT2D eigenvalue weighted by Crippen LogP contribution is 2.43. The lowest BCUT2D eigenvalue weighted by Crippen LogP contribution is -2.33. The van der Waals surface area contributed by atoms with Gasteiger partial charge >= 0.3 is 6.18 Å². The van der Waals surface area contributed by atoms with E-state index in [2.05, 4.69) is 15.4 Å². The molecule has 2 aromatic heterocycles. The summed E-state index contributed by atoms with van der Waals surface area (Å²) in [7, 11) is 0. The minimum atomic E-state index is -4.58. The van der Waals surface area contributed by atoms with Crippen molar-refractivity contribution in [3.8, 4) is 11.1 Å². The summed E-state index contributed by atoms with van der Waals surface area (Å²) in [5, 5.41) is 7.12. The first-order chi connectivity index (χ1) is 18.3. The summed E-state index contributed by atoms with van der Waals surface area (Å²) < 4.78 is 69.8. The number of benzene rings is 1. The number of carbonyl (C=O) groups excluding carboxylic acids is 2. The van der Waals surface area contributed by atoms with Gasteiger partial charge in [-0.3, -0.25) is 19.3 Å². The van der Waals surface area contributed by atoms with Gasteiger partial charge in [0.05, 0.1) is 17.2 Å². The number of amides is 2. The number of anilines is 1. The average molecular weight is 550 g/mol. The van der Waals surface area contributed by atoms with E-state index in [0.29, 0.717) is 12.2 Å². The number of halogens is 5. The van der Waals surface area contributed by atoms with E-state index in [-0.39, 0.29) is 53.9 Å². The molecule has 2 heterocycles. The molecule has 0 spiro atoms. The largest absolute Gasteiger partial charge is 0.417 e. The van der Waals surface area contributed by atoms with Crippen LogP contribution in [0, 0.1) is 12.8 Å². The van der Waals surface area contributed by atoms with E-state index in [4.69, 9.17) is 5.73 Å². The Bertz CT molecular complexity index is 1360. The zero-order valence-corrected chi connectivity index (χ0v) is 21.4. The van der Waals surface area contributed by atoms with Gasteiger partial charge in [-0.05, 0) is 62.4 Å². The first-order valence-electron chi connectivity index (χ1n) is 12.5. The molecule has 1 atom stereocenters. The SMILES string of the molecule is CCn1nc(C(C(=O)Nc2ccc(-c3c(C(F)(F)F)ccnc3C)cc2)C2CCC(F)(F)CC2)cc1C(N)=O. The number of aryl methyl sites for hydroxylation is 2. The van der Waals surface area contributed by atoms with Crippen molar-refractivity contribution in [1.29, 1.82) is 0 Å². The van der Waals surface area contributed by atoms with Gasteiger partial charge in [-0.1, -0.05) is 12.1 Å². The second-order valence-electron chi connectivity index (χ2n) is 9.69. The summed E-state index contributed by atoms with van der Waals surface area (Å²) in [5.41, 5.74) is 5.69. The molecule has 2 amide bonds. The van der Waals surface area contributed by atoms with Gasteiger partial charge in [-0.2, -0.15) is 18.3 Å². The summed E-state index contributed by atoms with van der Waals surface area (Å²) in [4.78, 5) is 29.4. The van der Waals surface area contributed by atoms with Crippen molar-refractivity contribution >= 4 is 17.5 Å². The lowest BCUT2D eigenvalue weighted by atomic mass is 9.76. The zero-order valence-electron chi connectivity index (χ0n) is 21.4. The van der Waals surface area contributed by atoms with Crippen molar-refractivity contribution in [3.05, 3.63) is 65.2 Å². The predicted molar refractivity (Wildman–Crippen MR) is 134 cm³/mol. The third kappa shape index (κ3) is 6.10. The molecule has 3 aromatic rings. The third-order valence-corrected chi connectivity index (χ3v) is 7.07. The number of aromatic nitrogens is 3. The Balaban J connectivity index is 1.63. The molecule has 39 heavy (non-hydrogen) atoms. The number of rotatable bonds is 7. The second-order valence-corrected chi connectivity index (χ2v) is 9.69. The Morgan fingerprint density at radius 3 is 2.33 bits per heavy atom. The molecule has 1 aliphatic rings. The Labute approximate surface area is 221 Å². The van der Waals surface area contributed by atoms with Crippen LogP contribution in [-0.2, 0) is 17.5 Å². The van der Waals surface area contributed by atoms with Crippen LogP contribution in [0.4, 0.5) is 27.6 Å². The van der Waals surface area contributed by atoms with Crippen molar-refractivity contribution in [2.24, 2.45) is 11.7 Å². The number of hydrogen-bond donors (Lipinski definition) is 2. The molecule has 0 saturated heterocycles. The van der Waals surface area contributed by atoms with Crippen LogP contribution in [-0.4, -0.2) is 32.5 Å². The van der Waals surface area contributed by atoms with E-state index in [1.807, 2.05) is 0 Å². The van der Waals surface area contributed by atoms with E-state index < -0.39 is 41.3 Å². The number of primary amides is 1. The van der Waals surface area contributed by atoms with Gasteiger partial charge in [0.1, 0.15) is 5.69 Å². The number of nitrogens with two attached hydrogens (primary N) is 1. The summed E-state index contributed by atoms with van der Waals surface area (Å²) >= 11 is 0. The maximum absolute atomic E-state index is 13.9. The Kier molecular flexibility index (Phi) is 7.76. The maximum Gasteiger partial charge on any atom is 0.417 e. The fourth-order valence-corrected chi connectivity index (χ4v) is 5.12. The van der Waals surface area contributed by atoms with E-state index in [1.54, 1.807) is 6.92 Å². The van der Waals surface area contributed by atoms with Gasteiger partial charge in [0.2, 0.25) is 11.8 Å². The molecule has 7 nitrogen and oxygen atoms in total. The van der Waals surface area contributed by atoms with Crippen molar-refractivity contribution < 1.29 is 31.5 Å². The minimum Gasteiger partial charge on any atom is -0.364 e. The van der Waals surface area contributed by atoms with Gasteiger partial charge in [-0.15, -0.1) is 0 Å². The molecular weight excluding hydrogens is 521 g/mol. The van der Waals surface area contributed by atoms with E-state index in [9.17, 15) is 31.5 Å². The molecule has 0 bridgehead atoms. The molecule has 0 aliphatic heterocycles. The number of hydrogen-bond acceptors (Lipinski definition) is 4. The molecule has 1 saturated carbocycles. The van der Waals surface area contributed by atoms with E-state index in [0.717, 1.165) is 12.3 Å². The standard InChI is InChI=1S/C27H28F5N5O2/c1-3-37-21(24(33)38)14-20(36-37)23(17-8-11-26(28,29)12-9-17)25(39)35-18-6-4-16(5-7-18)22-15(2)34-13-10-19(22)27(30,31)32/h4-7,10,13-14,17,23H,3,8-9,11-12H2,1-2H3,(H2,33,38)(H,35,39). The smallest absolute Gasteiger partial charge is 0.364 e.